The van der Waals surface area contributed by atoms with Gasteiger partial charge < -0.3 is 19.4 Å². The zero-order chi connectivity index (χ0) is 64.9. The largest absolute Gasteiger partial charge is 0.472 e. The maximum absolute atomic E-state index is 13.7. The van der Waals surface area contributed by atoms with Gasteiger partial charge in [0.05, 0.1) is 33.8 Å². The molecule has 89 heavy (non-hydrogen) atoms. The quantitative estimate of drug-likeness (QED) is 0.0205. The monoisotopic (exact) mass is 1270 g/mol. The number of carbonyl (C=O) groups is 2. The molecule has 524 valence electrons. The summed E-state index contributed by atoms with van der Waals surface area (Å²) in [5.41, 5.74) is 0. The third-order valence-corrected chi connectivity index (χ3v) is 18.7. The molecular formula is C79H152N2O7P+. The van der Waals surface area contributed by atoms with Crippen LogP contribution in [0.4, 0.5) is 0 Å². The lowest BCUT2D eigenvalue weighted by atomic mass is 10.0. The van der Waals surface area contributed by atoms with Gasteiger partial charge in [0, 0.05) is 12.8 Å². The van der Waals surface area contributed by atoms with Gasteiger partial charge in [-0.2, -0.15) is 0 Å². The van der Waals surface area contributed by atoms with E-state index in [9.17, 15) is 19.0 Å². The maximum atomic E-state index is 13.7. The standard InChI is InChI=1S/C79H151N2O7P/c1-7-10-13-16-19-22-25-28-30-32-34-36-38-39-40-41-43-45-47-49-51-54-57-60-63-66-69-72-79(83)88-77(70-67-64-61-58-55-52-27-24-21-18-15-12-9-3)76(75-87-89(84,85)86-74-73-81(4,5)6)80-78(82)71-68-65-62-59-56-53-50-48-46-44-42-37-35-33-31-29-26-23-20-17-14-11-8-2/h19,22,28-31,67,70,76-77H,7-18,20-21,23-27,32-66,68-69,71-75H2,1-6H3,(H-,80,82,84,85)/p+1/b22-19-,30-28-,31-29+,70-67+. The molecule has 1 amide bonds. The van der Waals surface area contributed by atoms with Crippen LogP contribution in [0.3, 0.4) is 0 Å². The van der Waals surface area contributed by atoms with Gasteiger partial charge in [-0.25, -0.2) is 4.57 Å². The zero-order valence-electron chi connectivity index (χ0n) is 60.2. The number of likely N-dealkylation sites (N-methyl/N-ethyl adjacent to an activating group) is 1. The number of amides is 1. The van der Waals surface area contributed by atoms with Crippen LogP contribution in [0.5, 0.6) is 0 Å². The number of hydrogen-bond donors (Lipinski definition) is 2. The Morgan fingerprint density at radius 2 is 0.685 bits per heavy atom. The lowest BCUT2D eigenvalue weighted by molar-refractivity contribution is -0.870. The third kappa shape index (κ3) is 70.1. The molecule has 0 bridgehead atoms. The predicted molar refractivity (Wildman–Crippen MR) is 388 cm³/mol. The van der Waals surface area contributed by atoms with Crippen molar-refractivity contribution in [3.8, 4) is 0 Å². The summed E-state index contributed by atoms with van der Waals surface area (Å²) in [6.07, 6.45) is 88.5. The number of esters is 1. The minimum Gasteiger partial charge on any atom is -0.456 e. The van der Waals surface area contributed by atoms with E-state index in [2.05, 4.69) is 68.6 Å². The second kappa shape index (κ2) is 68.8. The molecule has 0 aliphatic rings. The Labute approximate surface area is 554 Å². The highest BCUT2D eigenvalue weighted by molar-refractivity contribution is 7.47. The molecule has 0 saturated carbocycles. The van der Waals surface area contributed by atoms with Gasteiger partial charge in [0.1, 0.15) is 19.3 Å². The van der Waals surface area contributed by atoms with Gasteiger partial charge in [-0.15, -0.1) is 0 Å². The van der Waals surface area contributed by atoms with Gasteiger partial charge in [-0.05, 0) is 89.5 Å². The molecule has 0 saturated heterocycles. The van der Waals surface area contributed by atoms with Crippen molar-refractivity contribution in [2.45, 2.75) is 405 Å². The van der Waals surface area contributed by atoms with E-state index >= 15 is 0 Å². The van der Waals surface area contributed by atoms with Crippen molar-refractivity contribution in [3.05, 3.63) is 48.6 Å². The van der Waals surface area contributed by atoms with Crippen LogP contribution in [0.15, 0.2) is 48.6 Å². The Morgan fingerprint density at radius 3 is 1.04 bits per heavy atom. The SMILES string of the molecule is CCCCC/C=C\C/C=C\CCCCCCCCCCCCCCCCCCCC(=O)OC(/C=C/CCCCCCCCCCCCC)C(COP(=O)(O)OCC[N+](C)(C)C)NC(=O)CCCCCCCCCCCCCCC/C=C/CCCCCCCC. The number of unbranched alkanes of at least 4 members (excludes halogenated alkanes) is 50. The molecule has 2 N–H and O–H groups in total. The molecule has 3 atom stereocenters. The van der Waals surface area contributed by atoms with E-state index < -0.39 is 20.0 Å². The Kier molecular flexibility index (Phi) is 67.2. The molecule has 0 radical (unpaired) electrons. The topological polar surface area (TPSA) is 111 Å². The number of phosphoric acid groups is 1. The van der Waals surface area contributed by atoms with Crippen molar-refractivity contribution < 1.29 is 37.3 Å². The number of carbonyl (C=O) groups excluding carboxylic acids is 2. The number of nitrogens with zero attached hydrogens (tertiary/aromatic N) is 1. The first kappa shape index (κ1) is 87.0. The highest BCUT2D eigenvalue weighted by Gasteiger charge is 2.30. The van der Waals surface area contributed by atoms with Crippen LogP contribution in [-0.2, 0) is 27.9 Å². The molecule has 0 fully saturated rings. The Balaban J connectivity index is 4.96. The van der Waals surface area contributed by atoms with Crippen molar-refractivity contribution in [3.63, 3.8) is 0 Å². The fourth-order valence-corrected chi connectivity index (χ4v) is 12.5. The van der Waals surface area contributed by atoms with E-state index in [0.29, 0.717) is 23.9 Å². The molecule has 0 spiro atoms. The molecule has 0 aromatic heterocycles. The maximum Gasteiger partial charge on any atom is 0.472 e. The average Bonchev–Trinajstić information content (AvgIpc) is 3.63. The van der Waals surface area contributed by atoms with E-state index in [1.165, 1.54) is 295 Å². The van der Waals surface area contributed by atoms with E-state index in [1.807, 2.05) is 27.2 Å². The average molecular weight is 1270 g/mol. The van der Waals surface area contributed by atoms with Crippen molar-refractivity contribution >= 4 is 19.7 Å². The normalized spacial score (nSPS) is 13.7. The van der Waals surface area contributed by atoms with Crippen LogP contribution < -0.4 is 5.32 Å². The minimum absolute atomic E-state index is 0.0426. The van der Waals surface area contributed by atoms with Crippen LogP contribution in [0, 0.1) is 0 Å². The summed E-state index contributed by atoms with van der Waals surface area (Å²) in [5.74, 6) is -0.483. The van der Waals surface area contributed by atoms with E-state index in [1.54, 1.807) is 0 Å². The van der Waals surface area contributed by atoms with Crippen LogP contribution in [-0.4, -0.2) is 74.3 Å². The van der Waals surface area contributed by atoms with Gasteiger partial charge in [0.25, 0.3) is 0 Å². The molecule has 0 rings (SSSR count). The Hall–Kier alpha value is -2.03. The first-order chi connectivity index (χ1) is 43.4. The fraction of sp³-hybridized carbons (Fsp3) is 0.873. The van der Waals surface area contributed by atoms with Gasteiger partial charge in [0.15, 0.2) is 0 Å². The molecule has 9 nitrogen and oxygen atoms in total. The van der Waals surface area contributed by atoms with Crippen LogP contribution in [0.25, 0.3) is 0 Å². The first-order valence-electron chi connectivity index (χ1n) is 39.0. The highest BCUT2D eigenvalue weighted by atomic mass is 31.2. The molecule has 3 unspecified atom stereocenters. The minimum atomic E-state index is -4.46. The Morgan fingerprint density at radius 1 is 0.393 bits per heavy atom. The molecule has 0 heterocycles. The molecule has 0 aromatic carbocycles. The molecule has 10 heteroatoms. The van der Waals surface area contributed by atoms with Crippen molar-refractivity contribution in [1.29, 1.82) is 0 Å². The highest BCUT2D eigenvalue weighted by Crippen LogP contribution is 2.43. The molecule has 0 aliphatic carbocycles. The lowest BCUT2D eigenvalue weighted by Gasteiger charge is -2.27. The molecule has 0 aromatic rings. The number of quaternary nitrogens is 1. The summed E-state index contributed by atoms with van der Waals surface area (Å²) in [4.78, 5) is 38.0. The fourth-order valence-electron chi connectivity index (χ4n) is 11.7. The molecular weight excluding hydrogens is 1120 g/mol. The zero-order valence-corrected chi connectivity index (χ0v) is 61.1. The smallest absolute Gasteiger partial charge is 0.456 e. The van der Waals surface area contributed by atoms with Gasteiger partial charge in [0.2, 0.25) is 5.91 Å². The molecule has 0 aliphatic heterocycles. The number of allylic oxidation sites excluding steroid dienone is 7. The summed E-state index contributed by atoms with van der Waals surface area (Å²) in [6.45, 7) is 7.05. The third-order valence-electron chi connectivity index (χ3n) is 17.7. The van der Waals surface area contributed by atoms with Crippen LogP contribution >= 0.6 is 7.82 Å². The van der Waals surface area contributed by atoms with Gasteiger partial charge in [-0.1, -0.05) is 339 Å². The van der Waals surface area contributed by atoms with E-state index in [-0.39, 0.29) is 25.1 Å². The summed E-state index contributed by atoms with van der Waals surface area (Å²) in [6, 6.07) is -0.847. The summed E-state index contributed by atoms with van der Waals surface area (Å²) >= 11 is 0. The summed E-state index contributed by atoms with van der Waals surface area (Å²) < 4.78 is 30.9. The van der Waals surface area contributed by atoms with E-state index in [0.717, 1.165) is 64.2 Å². The number of phosphoric ester groups is 1. The van der Waals surface area contributed by atoms with Crippen LogP contribution in [0.1, 0.15) is 393 Å². The van der Waals surface area contributed by atoms with E-state index in [4.69, 9.17) is 13.8 Å². The predicted octanol–water partition coefficient (Wildman–Crippen LogP) is 25.1. The summed E-state index contributed by atoms with van der Waals surface area (Å²) in [7, 11) is 1.51. The van der Waals surface area contributed by atoms with Crippen molar-refractivity contribution in [1.82, 2.24) is 5.32 Å². The number of hydrogen-bond acceptors (Lipinski definition) is 6. The number of rotatable bonds is 72. The first-order valence-corrected chi connectivity index (χ1v) is 40.5. The number of nitrogens with one attached hydrogen (secondary N) is 1. The van der Waals surface area contributed by atoms with Crippen molar-refractivity contribution in [2.24, 2.45) is 0 Å². The van der Waals surface area contributed by atoms with Crippen molar-refractivity contribution in [2.75, 3.05) is 40.9 Å². The second-order valence-electron chi connectivity index (χ2n) is 27.9. The summed E-state index contributed by atoms with van der Waals surface area (Å²) in [5, 5.41) is 3.09. The van der Waals surface area contributed by atoms with Crippen LogP contribution in [0.2, 0.25) is 0 Å². The second-order valence-corrected chi connectivity index (χ2v) is 29.3. The number of ether oxygens (including phenoxy) is 1. The Bertz CT molecular complexity index is 1660. The van der Waals surface area contributed by atoms with Gasteiger partial charge in [-0.3, -0.25) is 18.6 Å². The van der Waals surface area contributed by atoms with Gasteiger partial charge >= 0.3 is 13.8 Å². The lowest BCUT2D eigenvalue weighted by Crippen LogP contribution is -2.47.